The van der Waals surface area contributed by atoms with Crippen molar-refractivity contribution >= 4 is 11.8 Å². The lowest BCUT2D eigenvalue weighted by atomic mass is 10.1. The predicted octanol–water partition coefficient (Wildman–Crippen LogP) is 3.13. The lowest BCUT2D eigenvalue weighted by Crippen LogP contribution is -2.11. The van der Waals surface area contributed by atoms with E-state index in [9.17, 15) is 14.9 Å². The van der Waals surface area contributed by atoms with Gasteiger partial charge < -0.3 is 19.6 Å². The molecule has 0 aliphatic rings. The fourth-order valence-corrected chi connectivity index (χ4v) is 1.81. The van der Waals surface area contributed by atoms with E-state index in [-0.39, 0.29) is 24.3 Å². The molecule has 0 saturated carbocycles. The molecule has 2 rings (SSSR count). The Kier molecular flexibility index (Phi) is 5.24. The fraction of sp³-hybridized carbons (Fsp3) is 0.250. The van der Waals surface area contributed by atoms with Crippen LogP contribution in [-0.4, -0.2) is 22.0 Å². The molecule has 0 fully saturated rings. The van der Waals surface area contributed by atoms with Gasteiger partial charge in [-0.3, -0.25) is 0 Å². The zero-order valence-corrected chi connectivity index (χ0v) is 12.8. The van der Waals surface area contributed by atoms with Gasteiger partial charge in [-0.15, -0.1) is 0 Å². The second-order valence-electron chi connectivity index (χ2n) is 5.02. The van der Waals surface area contributed by atoms with Crippen molar-refractivity contribution in [1.29, 1.82) is 0 Å². The smallest absolute Gasteiger partial charge is 0.406 e. The van der Waals surface area contributed by atoms with Crippen LogP contribution in [0, 0.1) is 10.1 Å². The van der Waals surface area contributed by atoms with Crippen molar-refractivity contribution in [3.8, 4) is 5.75 Å². The highest BCUT2D eigenvalue weighted by atomic mass is 16.6. The molecule has 120 valence electrons. The maximum atomic E-state index is 11.7. The van der Waals surface area contributed by atoms with E-state index < -0.39 is 10.9 Å². The van der Waals surface area contributed by atoms with Gasteiger partial charge in [0.05, 0.1) is 11.7 Å². The van der Waals surface area contributed by atoms with Gasteiger partial charge in [-0.05, 0) is 53.6 Å². The number of ether oxygens (including phenoxy) is 2. The monoisotopic (exact) mass is 316 g/mol. The average molecular weight is 316 g/mol. The number of hydrogen-bond acceptors (Lipinski definition) is 6. The molecule has 2 aromatic rings. The topological polar surface area (TPSA) is 91.6 Å². The number of rotatable bonds is 6. The van der Waals surface area contributed by atoms with Crippen molar-refractivity contribution in [3.63, 3.8) is 0 Å². The van der Waals surface area contributed by atoms with Gasteiger partial charge >= 0.3 is 11.8 Å². The van der Waals surface area contributed by atoms with Gasteiger partial charge in [-0.1, -0.05) is 12.1 Å². The van der Waals surface area contributed by atoms with E-state index in [1.807, 2.05) is 0 Å². The van der Waals surface area contributed by atoms with Gasteiger partial charge in [0.25, 0.3) is 0 Å². The van der Waals surface area contributed by atoms with E-state index in [0.717, 1.165) is 5.56 Å². The molecule has 0 aliphatic heterocycles. The molecule has 0 amide bonds. The predicted molar refractivity (Wildman–Crippen MR) is 82.2 cm³/mol. The third-order valence-corrected chi connectivity index (χ3v) is 2.85. The minimum atomic E-state index is -0.597. The maximum Gasteiger partial charge on any atom is 0.406 e. The molecule has 7 heteroatoms. The van der Waals surface area contributed by atoms with Gasteiger partial charge in [0.2, 0.25) is 5.75 Å². The number of benzene rings is 1. The molecule has 0 aliphatic carbocycles. The minimum absolute atomic E-state index is 0.0980. The van der Waals surface area contributed by atoms with Gasteiger partial charge in [-0.2, -0.15) is 0 Å². The standard InChI is InChI=1S/C16H16N2O5/c1-11(2)23-16(19)13-7-5-12(6-8-13)10-22-14-4-3-9-17-15(14)18(20)21/h3-9,11H,10H2,1-2H3. The van der Waals surface area contributed by atoms with Crippen LogP contribution in [0.4, 0.5) is 5.82 Å². The first-order chi connectivity index (χ1) is 11.0. The summed E-state index contributed by atoms with van der Waals surface area (Å²) in [6.07, 6.45) is 1.15. The quantitative estimate of drug-likeness (QED) is 0.462. The Balaban J connectivity index is 2.02. The number of pyridine rings is 1. The number of nitrogens with zero attached hydrogens (tertiary/aromatic N) is 2. The molecule has 1 aromatic carbocycles. The zero-order valence-electron chi connectivity index (χ0n) is 12.8. The van der Waals surface area contributed by atoms with Gasteiger partial charge in [0.1, 0.15) is 12.8 Å². The molecule has 0 N–H and O–H groups in total. The number of esters is 1. The molecular formula is C16H16N2O5. The van der Waals surface area contributed by atoms with E-state index in [4.69, 9.17) is 9.47 Å². The summed E-state index contributed by atoms with van der Waals surface area (Å²) in [5.74, 6) is -0.624. The Bertz CT molecular complexity index is 698. The van der Waals surface area contributed by atoms with Crippen molar-refractivity contribution in [2.45, 2.75) is 26.6 Å². The normalized spacial score (nSPS) is 10.4. The molecule has 1 aromatic heterocycles. The van der Waals surface area contributed by atoms with Crippen LogP contribution in [0.1, 0.15) is 29.8 Å². The van der Waals surface area contributed by atoms with Crippen LogP contribution in [0.3, 0.4) is 0 Å². The molecule has 0 radical (unpaired) electrons. The molecule has 0 saturated heterocycles. The van der Waals surface area contributed by atoms with E-state index >= 15 is 0 Å². The van der Waals surface area contributed by atoms with Crippen LogP contribution in [0.2, 0.25) is 0 Å². The number of hydrogen-bond donors (Lipinski definition) is 0. The van der Waals surface area contributed by atoms with Crippen molar-refractivity contribution in [2.24, 2.45) is 0 Å². The van der Waals surface area contributed by atoms with Crippen molar-refractivity contribution < 1.29 is 19.2 Å². The van der Waals surface area contributed by atoms with Gasteiger partial charge in [-0.25, -0.2) is 4.79 Å². The molecule has 7 nitrogen and oxygen atoms in total. The van der Waals surface area contributed by atoms with Crippen LogP contribution in [0.15, 0.2) is 42.6 Å². The molecule has 23 heavy (non-hydrogen) atoms. The molecule has 0 spiro atoms. The second-order valence-corrected chi connectivity index (χ2v) is 5.02. The van der Waals surface area contributed by atoms with Crippen LogP contribution in [0.5, 0.6) is 5.75 Å². The van der Waals surface area contributed by atoms with E-state index in [0.29, 0.717) is 5.56 Å². The van der Waals surface area contributed by atoms with E-state index in [2.05, 4.69) is 4.98 Å². The highest BCUT2D eigenvalue weighted by Gasteiger charge is 2.15. The summed E-state index contributed by atoms with van der Waals surface area (Å²) in [5.41, 5.74) is 1.21. The van der Waals surface area contributed by atoms with Crippen LogP contribution < -0.4 is 4.74 Å². The summed E-state index contributed by atoms with van der Waals surface area (Å²) in [5, 5.41) is 10.9. The minimum Gasteiger partial charge on any atom is -0.481 e. The summed E-state index contributed by atoms with van der Waals surface area (Å²) in [7, 11) is 0. The second kappa shape index (κ2) is 7.35. The zero-order chi connectivity index (χ0) is 16.8. The Morgan fingerprint density at radius 2 is 1.96 bits per heavy atom. The van der Waals surface area contributed by atoms with Crippen LogP contribution in [0.25, 0.3) is 0 Å². The van der Waals surface area contributed by atoms with Crippen LogP contribution >= 0.6 is 0 Å². The lowest BCUT2D eigenvalue weighted by molar-refractivity contribution is -0.390. The largest absolute Gasteiger partial charge is 0.481 e. The third-order valence-electron chi connectivity index (χ3n) is 2.85. The molecule has 0 atom stereocenters. The van der Waals surface area contributed by atoms with E-state index in [1.165, 1.54) is 12.3 Å². The Labute approximate surface area is 133 Å². The Morgan fingerprint density at radius 1 is 1.26 bits per heavy atom. The SMILES string of the molecule is CC(C)OC(=O)c1ccc(COc2cccnc2[N+](=O)[O-])cc1. The average Bonchev–Trinajstić information content (AvgIpc) is 2.53. The van der Waals surface area contributed by atoms with Crippen molar-refractivity contribution in [1.82, 2.24) is 4.98 Å². The van der Waals surface area contributed by atoms with Crippen molar-refractivity contribution in [3.05, 3.63) is 63.8 Å². The highest BCUT2D eigenvalue weighted by Crippen LogP contribution is 2.24. The molecule has 1 heterocycles. The maximum absolute atomic E-state index is 11.7. The summed E-state index contributed by atoms with van der Waals surface area (Å²) in [4.78, 5) is 25.7. The Morgan fingerprint density at radius 3 is 2.57 bits per heavy atom. The van der Waals surface area contributed by atoms with E-state index in [1.54, 1.807) is 44.2 Å². The van der Waals surface area contributed by atoms with Crippen LogP contribution in [-0.2, 0) is 11.3 Å². The first-order valence-electron chi connectivity index (χ1n) is 6.99. The summed E-state index contributed by atoms with van der Waals surface area (Å²) < 4.78 is 10.5. The lowest BCUT2D eigenvalue weighted by Gasteiger charge is -2.09. The summed E-state index contributed by atoms with van der Waals surface area (Å²) in [6.45, 7) is 3.69. The molecular weight excluding hydrogens is 300 g/mol. The van der Waals surface area contributed by atoms with Crippen molar-refractivity contribution in [2.75, 3.05) is 0 Å². The molecule has 0 bridgehead atoms. The number of carbonyl (C=O) groups excluding carboxylic acids is 1. The number of carbonyl (C=O) groups is 1. The first kappa shape index (κ1) is 16.4. The highest BCUT2D eigenvalue weighted by molar-refractivity contribution is 5.89. The molecule has 0 unspecified atom stereocenters. The summed E-state index contributed by atoms with van der Waals surface area (Å²) >= 11 is 0. The number of nitro groups is 1. The summed E-state index contributed by atoms with van der Waals surface area (Å²) in [6, 6.07) is 9.72. The number of aromatic nitrogens is 1. The third kappa shape index (κ3) is 4.50. The van der Waals surface area contributed by atoms with Gasteiger partial charge in [0.15, 0.2) is 0 Å². The Hall–Kier alpha value is -2.96. The first-order valence-corrected chi connectivity index (χ1v) is 6.99. The fourth-order valence-electron chi connectivity index (χ4n) is 1.81. The van der Waals surface area contributed by atoms with Gasteiger partial charge in [0, 0.05) is 0 Å².